The van der Waals surface area contributed by atoms with E-state index < -0.39 is 11.7 Å². The maximum Gasteiger partial charge on any atom is 0.416 e. The first-order valence-electron chi connectivity index (χ1n) is 13.8. The Balaban J connectivity index is 1.18. The second kappa shape index (κ2) is 11.0. The predicted octanol–water partition coefficient (Wildman–Crippen LogP) is 7.08. The van der Waals surface area contributed by atoms with Crippen molar-refractivity contribution in [2.24, 2.45) is 5.10 Å². The Bertz CT molecular complexity index is 1560. The minimum absolute atomic E-state index is 0.0451. The van der Waals surface area contributed by atoms with Crippen LogP contribution in [0.3, 0.4) is 0 Å². The molecule has 0 bridgehead atoms. The summed E-state index contributed by atoms with van der Waals surface area (Å²) in [4.78, 5) is 9.31. The monoisotopic (exact) mass is 555 g/mol. The highest BCUT2D eigenvalue weighted by molar-refractivity contribution is 5.78. The molecule has 0 saturated carbocycles. The van der Waals surface area contributed by atoms with Crippen LogP contribution >= 0.6 is 0 Å². The second-order valence-electron chi connectivity index (χ2n) is 10.9. The number of alkyl halides is 3. The summed E-state index contributed by atoms with van der Waals surface area (Å²) in [5.41, 5.74) is 6.97. The number of likely N-dealkylation sites (N-methyl/N-ethyl adjacent to an activating group) is 1. The van der Waals surface area contributed by atoms with Gasteiger partial charge in [0.2, 0.25) is 0 Å². The molecule has 1 aromatic heterocycles. The Hall–Kier alpha value is -4.17. The van der Waals surface area contributed by atoms with Crippen molar-refractivity contribution in [1.29, 1.82) is 0 Å². The van der Waals surface area contributed by atoms with Gasteiger partial charge >= 0.3 is 6.18 Å². The van der Waals surface area contributed by atoms with Crippen molar-refractivity contribution >= 4 is 17.6 Å². The van der Waals surface area contributed by atoms with E-state index in [2.05, 4.69) is 57.3 Å². The number of anilines is 2. The van der Waals surface area contributed by atoms with Gasteiger partial charge in [-0.1, -0.05) is 36.4 Å². The average Bonchev–Trinajstić information content (AvgIpc) is 3.48. The van der Waals surface area contributed by atoms with Crippen LogP contribution in [0.4, 0.5) is 24.5 Å². The lowest BCUT2D eigenvalue weighted by molar-refractivity contribution is -0.137. The first-order valence-corrected chi connectivity index (χ1v) is 13.8. The smallest absolute Gasteiger partial charge is 0.369 e. The van der Waals surface area contributed by atoms with Gasteiger partial charge in [0.25, 0.3) is 0 Å². The molecule has 1 unspecified atom stereocenters. The van der Waals surface area contributed by atoms with Crippen LogP contribution in [0.5, 0.6) is 0 Å². The van der Waals surface area contributed by atoms with E-state index in [0.717, 1.165) is 65.8 Å². The summed E-state index contributed by atoms with van der Waals surface area (Å²) >= 11 is 0. The predicted molar refractivity (Wildman–Crippen MR) is 160 cm³/mol. The van der Waals surface area contributed by atoms with Gasteiger partial charge in [0.05, 0.1) is 17.8 Å². The van der Waals surface area contributed by atoms with Gasteiger partial charge in [0.1, 0.15) is 0 Å². The summed E-state index contributed by atoms with van der Waals surface area (Å²) in [5, 5.41) is 6.60. The van der Waals surface area contributed by atoms with Gasteiger partial charge in [-0.3, -0.25) is 9.99 Å². The fourth-order valence-electron chi connectivity index (χ4n) is 5.48. The molecule has 2 aliphatic rings. The minimum atomic E-state index is -4.38. The molecule has 5 nitrogen and oxygen atoms in total. The molecular formula is C33H32F3N5. The Morgan fingerprint density at radius 2 is 1.51 bits per heavy atom. The number of aryl methyl sites for hydroxylation is 1. The van der Waals surface area contributed by atoms with Crippen molar-refractivity contribution in [3.63, 3.8) is 0 Å². The maximum absolute atomic E-state index is 13.3. The van der Waals surface area contributed by atoms with Crippen LogP contribution in [0.15, 0.2) is 90.3 Å². The molecule has 210 valence electrons. The number of hydrazone groups is 1. The molecular weight excluding hydrogens is 523 g/mol. The molecule has 2 aliphatic heterocycles. The number of benzene rings is 3. The van der Waals surface area contributed by atoms with Crippen LogP contribution < -0.4 is 9.91 Å². The summed E-state index contributed by atoms with van der Waals surface area (Å²) < 4.78 is 39.9. The van der Waals surface area contributed by atoms with E-state index in [1.165, 1.54) is 17.8 Å². The van der Waals surface area contributed by atoms with Gasteiger partial charge in [-0.2, -0.15) is 18.3 Å². The average molecular weight is 556 g/mol. The lowest BCUT2D eigenvalue weighted by Crippen LogP contribution is -2.44. The molecule has 4 aromatic rings. The zero-order valence-corrected chi connectivity index (χ0v) is 23.1. The summed E-state index contributed by atoms with van der Waals surface area (Å²) in [6.07, 6.45) is 1.31. The highest BCUT2D eigenvalue weighted by Gasteiger charge is 2.30. The van der Waals surface area contributed by atoms with Crippen molar-refractivity contribution in [3.05, 3.63) is 102 Å². The van der Waals surface area contributed by atoms with Crippen LogP contribution in [0.1, 0.15) is 22.6 Å². The Morgan fingerprint density at radius 1 is 0.780 bits per heavy atom. The van der Waals surface area contributed by atoms with Gasteiger partial charge in [-0.05, 0) is 78.2 Å². The van der Waals surface area contributed by atoms with Crippen LogP contribution in [0, 0.1) is 6.92 Å². The largest absolute Gasteiger partial charge is 0.416 e. The number of rotatable bonds is 5. The number of pyridine rings is 1. The third kappa shape index (κ3) is 5.84. The van der Waals surface area contributed by atoms with Crippen molar-refractivity contribution in [2.45, 2.75) is 19.0 Å². The van der Waals surface area contributed by atoms with E-state index in [-0.39, 0.29) is 5.92 Å². The third-order valence-electron chi connectivity index (χ3n) is 8.02. The number of piperazine rings is 1. The SMILES string of the molecule is Cc1ccc(-c2cccc(C(F)(F)F)c2)cc1N1CC(c2cncc(-c3ccc(N4CCN(C)CC4)cc3)c2)C=N1. The van der Waals surface area contributed by atoms with Gasteiger partial charge in [-0.15, -0.1) is 0 Å². The summed E-state index contributed by atoms with van der Waals surface area (Å²) in [6.45, 7) is 6.83. The van der Waals surface area contributed by atoms with Crippen LogP contribution in [-0.4, -0.2) is 55.9 Å². The number of hydrogen-bond donors (Lipinski definition) is 0. The van der Waals surface area contributed by atoms with Crippen molar-refractivity contribution in [2.75, 3.05) is 49.7 Å². The molecule has 3 heterocycles. The topological polar surface area (TPSA) is 35.0 Å². The van der Waals surface area contributed by atoms with E-state index in [9.17, 15) is 13.2 Å². The first kappa shape index (κ1) is 27.0. The van der Waals surface area contributed by atoms with Gasteiger partial charge in [-0.25, -0.2) is 0 Å². The first-order chi connectivity index (χ1) is 19.7. The van der Waals surface area contributed by atoms with E-state index in [0.29, 0.717) is 12.1 Å². The molecule has 1 fully saturated rings. The van der Waals surface area contributed by atoms with E-state index in [4.69, 9.17) is 0 Å². The molecule has 0 radical (unpaired) electrons. The highest BCUT2D eigenvalue weighted by atomic mass is 19.4. The zero-order valence-electron chi connectivity index (χ0n) is 23.1. The number of nitrogens with zero attached hydrogens (tertiary/aromatic N) is 5. The Kier molecular flexibility index (Phi) is 7.26. The maximum atomic E-state index is 13.3. The molecule has 41 heavy (non-hydrogen) atoms. The summed E-state index contributed by atoms with van der Waals surface area (Å²) in [5.74, 6) is 0.0451. The molecule has 0 amide bonds. The number of hydrogen-bond acceptors (Lipinski definition) is 5. The molecule has 6 rings (SSSR count). The standard InChI is InChI=1S/C33H32F3N5/c1-23-6-7-26(25-4-3-5-30(17-25)33(34,35)36)18-32(23)41-22-29(21-38-41)28-16-27(19-37-20-28)24-8-10-31(11-9-24)40-14-12-39(2)13-15-40/h3-11,16-21,29H,12-15,22H2,1-2H3. The fraction of sp³-hybridized carbons (Fsp3) is 0.273. The van der Waals surface area contributed by atoms with Gasteiger partial charge < -0.3 is 9.80 Å². The molecule has 0 spiro atoms. The van der Waals surface area contributed by atoms with Gasteiger partial charge in [0.15, 0.2) is 0 Å². The van der Waals surface area contributed by atoms with Crippen LogP contribution in [0.2, 0.25) is 0 Å². The van der Waals surface area contributed by atoms with E-state index in [1.54, 1.807) is 6.07 Å². The molecule has 3 aromatic carbocycles. The van der Waals surface area contributed by atoms with E-state index >= 15 is 0 Å². The van der Waals surface area contributed by atoms with Crippen molar-refractivity contribution < 1.29 is 13.2 Å². The van der Waals surface area contributed by atoms with Crippen molar-refractivity contribution in [3.8, 4) is 22.3 Å². The number of aromatic nitrogens is 1. The highest BCUT2D eigenvalue weighted by Crippen LogP contribution is 2.36. The Labute approximate surface area is 238 Å². The van der Waals surface area contributed by atoms with Crippen molar-refractivity contribution in [1.82, 2.24) is 9.88 Å². The summed E-state index contributed by atoms with van der Waals surface area (Å²) in [7, 11) is 2.16. The zero-order chi connectivity index (χ0) is 28.6. The lowest BCUT2D eigenvalue weighted by atomic mass is 9.98. The Morgan fingerprint density at radius 3 is 2.27 bits per heavy atom. The molecule has 0 aliphatic carbocycles. The second-order valence-corrected chi connectivity index (χ2v) is 10.9. The quantitative estimate of drug-likeness (QED) is 0.264. The molecule has 1 saturated heterocycles. The third-order valence-corrected chi connectivity index (χ3v) is 8.02. The van der Waals surface area contributed by atoms with E-state index in [1.807, 2.05) is 48.7 Å². The lowest BCUT2D eigenvalue weighted by Gasteiger charge is -2.34. The van der Waals surface area contributed by atoms with Gasteiger partial charge in [0, 0.05) is 62.0 Å². The molecule has 1 atom stereocenters. The molecule has 8 heteroatoms. The normalized spacial score (nSPS) is 17.8. The number of halogens is 3. The molecule has 0 N–H and O–H groups in total. The van der Waals surface area contributed by atoms with Crippen LogP contribution in [0.25, 0.3) is 22.3 Å². The summed E-state index contributed by atoms with van der Waals surface area (Å²) in [6, 6.07) is 22.0. The van der Waals surface area contributed by atoms with Crippen LogP contribution in [-0.2, 0) is 6.18 Å². The minimum Gasteiger partial charge on any atom is -0.369 e. The fourth-order valence-corrected chi connectivity index (χ4v) is 5.48.